The van der Waals surface area contributed by atoms with E-state index in [-0.39, 0.29) is 12.0 Å². The van der Waals surface area contributed by atoms with Gasteiger partial charge in [-0.15, -0.1) is 0 Å². The fourth-order valence-corrected chi connectivity index (χ4v) is 1.76. The molecule has 0 saturated heterocycles. The minimum atomic E-state index is -0.790. The van der Waals surface area contributed by atoms with E-state index in [1.165, 1.54) is 0 Å². The van der Waals surface area contributed by atoms with Crippen LogP contribution in [0.4, 0.5) is 5.69 Å². The van der Waals surface area contributed by atoms with E-state index < -0.39 is 24.5 Å². The summed E-state index contributed by atoms with van der Waals surface area (Å²) in [5.74, 6) is -1.89. The summed E-state index contributed by atoms with van der Waals surface area (Å²) in [6, 6.07) is 7.45. The predicted octanol–water partition coefficient (Wildman–Crippen LogP) is 2.59. The Morgan fingerprint density at radius 1 is 1.00 bits per heavy atom. The number of benzene rings is 1. The summed E-state index contributed by atoms with van der Waals surface area (Å²) >= 11 is 0. The maximum absolute atomic E-state index is 11.7. The summed E-state index contributed by atoms with van der Waals surface area (Å²) in [5, 5.41) is 2.63. The quantitative estimate of drug-likeness (QED) is 0.639. The van der Waals surface area contributed by atoms with Crippen LogP contribution < -0.4 is 5.32 Å². The summed E-state index contributed by atoms with van der Waals surface area (Å²) in [4.78, 5) is 34.1. The number of nitrogens with one attached hydrogen (secondary N) is 1. The highest BCUT2D eigenvalue weighted by Crippen LogP contribution is 2.23. The second-order valence-corrected chi connectivity index (χ2v) is 6.07. The number of hydrogen-bond acceptors (Lipinski definition) is 5. The van der Waals surface area contributed by atoms with Crippen molar-refractivity contribution in [2.45, 2.75) is 33.1 Å². The summed E-state index contributed by atoms with van der Waals surface area (Å²) in [5.41, 5.74) is 1.80. The average Bonchev–Trinajstić information content (AvgIpc) is 2.51. The SMILES string of the molecule is CCOC(=O)/C=C/C(=O)OCC(=O)Nc1ccc(C(C)(C)C)cc1. The topological polar surface area (TPSA) is 81.7 Å². The Balaban J connectivity index is 2.44. The van der Waals surface area contributed by atoms with Gasteiger partial charge in [0.05, 0.1) is 6.61 Å². The van der Waals surface area contributed by atoms with Gasteiger partial charge in [-0.25, -0.2) is 9.59 Å². The van der Waals surface area contributed by atoms with Gasteiger partial charge in [-0.3, -0.25) is 4.79 Å². The second-order valence-electron chi connectivity index (χ2n) is 6.07. The Morgan fingerprint density at radius 2 is 1.54 bits per heavy atom. The molecule has 6 heteroatoms. The lowest BCUT2D eigenvalue weighted by atomic mass is 9.87. The molecular weight excluding hydrogens is 310 g/mol. The molecule has 1 amide bonds. The van der Waals surface area contributed by atoms with Crippen LogP contribution in [0.5, 0.6) is 0 Å². The van der Waals surface area contributed by atoms with Gasteiger partial charge in [0.2, 0.25) is 0 Å². The fourth-order valence-electron chi connectivity index (χ4n) is 1.76. The normalized spacial score (nSPS) is 11.2. The molecule has 0 aliphatic rings. The largest absolute Gasteiger partial charge is 0.463 e. The third-order valence-electron chi connectivity index (χ3n) is 3.02. The molecule has 1 N–H and O–H groups in total. The summed E-state index contributed by atoms with van der Waals surface area (Å²) in [7, 11) is 0. The zero-order valence-electron chi connectivity index (χ0n) is 14.4. The van der Waals surface area contributed by atoms with E-state index in [1.807, 2.05) is 12.1 Å². The molecule has 0 atom stereocenters. The minimum Gasteiger partial charge on any atom is -0.463 e. The van der Waals surface area contributed by atoms with Crippen LogP contribution in [-0.2, 0) is 29.3 Å². The van der Waals surface area contributed by atoms with Crippen molar-refractivity contribution in [3.63, 3.8) is 0 Å². The Kier molecular flexibility index (Phi) is 7.17. The zero-order valence-corrected chi connectivity index (χ0v) is 14.4. The third kappa shape index (κ3) is 7.09. The van der Waals surface area contributed by atoms with Gasteiger partial charge in [0.15, 0.2) is 6.61 Å². The van der Waals surface area contributed by atoms with Crippen molar-refractivity contribution >= 4 is 23.5 Å². The van der Waals surface area contributed by atoms with Gasteiger partial charge in [0.25, 0.3) is 5.91 Å². The molecule has 0 saturated carbocycles. The molecule has 0 unspecified atom stereocenters. The molecule has 0 aromatic heterocycles. The summed E-state index contributed by atoms with van der Waals surface area (Å²) < 4.78 is 9.35. The van der Waals surface area contributed by atoms with E-state index in [4.69, 9.17) is 4.74 Å². The number of esters is 2. The van der Waals surface area contributed by atoms with Crippen LogP contribution in [0.3, 0.4) is 0 Å². The number of carbonyl (C=O) groups is 3. The zero-order chi connectivity index (χ0) is 18.2. The second kappa shape index (κ2) is 8.86. The van der Waals surface area contributed by atoms with Crippen LogP contribution in [0.25, 0.3) is 0 Å². The predicted molar refractivity (Wildman–Crippen MR) is 90.5 cm³/mol. The molecule has 0 fully saturated rings. The van der Waals surface area contributed by atoms with Crippen molar-refractivity contribution in [2.24, 2.45) is 0 Å². The molecule has 0 bridgehead atoms. The van der Waals surface area contributed by atoms with E-state index in [0.717, 1.165) is 17.7 Å². The maximum atomic E-state index is 11.7. The van der Waals surface area contributed by atoms with Gasteiger partial charge in [-0.05, 0) is 30.0 Å². The molecule has 0 spiro atoms. The molecular formula is C18H23NO5. The van der Waals surface area contributed by atoms with E-state index in [9.17, 15) is 14.4 Å². The Labute approximate surface area is 141 Å². The van der Waals surface area contributed by atoms with Crippen LogP contribution in [0.2, 0.25) is 0 Å². The van der Waals surface area contributed by atoms with Crippen molar-refractivity contribution in [3.8, 4) is 0 Å². The third-order valence-corrected chi connectivity index (χ3v) is 3.02. The van der Waals surface area contributed by atoms with Crippen molar-refractivity contribution in [1.82, 2.24) is 0 Å². The van der Waals surface area contributed by atoms with E-state index >= 15 is 0 Å². The number of ether oxygens (including phenoxy) is 2. The summed E-state index contributed by atoms with van der Waals surface area (Å²) in [6.45, 7) is 7.74. The first kappa shape index (κ1) is 19.4. The Morgan fingerprint density at radius 3 is 2.04 bits per heavy atom. The van der Waals surface area contributed by atoms with Gasteiger partial charge < -0.3 is 14.8 Å². The fraction of sp³-hybridized carbons (Fsp3) is 0.389. The molecule has 0 radical (unpaired) electrons. The van der Waals surface area contributed by atoms with E-state index in [1.54, 1.807) is 19.1 Å². The number of rotatable bonds is 6. The van der Waals surface area contributed by atoms with Crippen molar-refractivity contribution in [1.29, 1.82) is 0 Å². The molecule has 1 aromatic carbocycles. The van der Waals surface area contributed by atoms with Crippen LogP contribution >= 0.6 is 0 Å². The number of amides is 1. The van der Waals surface area contributed by atoms with Gasteiger partial charge in [-0.2, -0.15) is 0 Å². The Hall–Kier alpha value is -2.63. The van der Waals surface area contributed by atoms with E-state index in [2.05, 4.69) is 30.8 Å². The highest BCUT2D eigenvalue weighted by Gasteiger charge is 2.13. The smallest absolute Gasteiger partial charge is 0.331 e. The van der Waals surface area contributed by atoms with Crippen molar-refractivity contribution in [3.05, 3.63) is 42.0 Å². The number of carbonyl (C=O) groups excluding carboxylic acids is 3. The standard InChI is InChI=1S/C18H23NO5/c1-5-23-16(21)10-11-17(22)24-12-15(20)19-14-8-6-13(7-9-14)18(2,3)4/h6-11H,5,12H2,1-4H3,(H,19,20)/b11-10+. The van der Waals surface area contributed by atoms with Gasteiger partial charge in [-0.1, -0.05) is 32.9 Å². The van der Waals surface area contributed by atoms with Gasteiger partial charge >= 0.3 is 11.9 Å². The number of anilines is 1. The van der Waals surface area contributed by atoms with Crippen LogP contribution in [0.1, 0.15) is 33.3 Å². The summed E-state index contributed by atoms with van der Waals surface area (Å²) in [6.07, 6.45) is 1.87. The lowest BCUT2D eigenvalue weighted by molar-refractivity contribution is -0.143. The molecule has 0 aliphatic carbocycles. The van der Waals surface area contributed by atoms with Gasteiger partial charge in [0.1, 0.15) is 0 Å². The van der Waals surface area contributed by atoms with Crippen molar-refractivity contribution in [2.75, 3.05) is 18.5 Å². The van der Waals surface area contributed by atoms with Crippen LogP contribution in [0, 0.1) is 0 Å². The Bertz CT molecular complexity index is 611. The molecule has 0 aliphatic heterocycles. The van der Waals surface area contributed by atoms with Crippen LogP contribution in [0.15, 0.2) is 36.4 Å². The van der Waals surface area contributed by atoms with Gasteiger partial charge in [0, 0.05) is 17.8 Å². The molecule has 6 nitrogen and oxygen atoms in total. The molecule has 130 valence electrons. The maximum Gasteiger partial charge on any atom is 0.331 e. The number of hydrogen-bond donors (Lipinski definition) is 1. The molecule has 24 heavy (non-hydrogen) atoms. The minimum absolute atomic E-state index is 0.0311. The first-order valence-corrected chi connectivity index (χ1v) is 7.64. The van der Waals surface area contributed by atoms with E-state index in [0.29, 0.717) is 5.69 Å². The highest BCUT2D eigenvalue weighted by molar-refractivity contribution is 5.95. The average molecular weight is 333 g/mol. The lowest BCUT2D eigenvalue weighted by Crippen LogP contribution is -2.20. The first-order valence-electron chi connectivity index (χ1n) is 7.64. The first-order chi connectivity index (χ1) is 11.2. The molecule has 1 rings (SSSR count). The highest BCUT2D eigenvalue weighted by atomic mass is 16.5. The lowest BCUT2D eigenvalue weighted by Gasteiger charge is -2.19. The van der Waals surface area contributed by atoms with Crippen molar-refractivity contribution < 1.29 is 23.9 Å². The monoisotopic (exact) mass is 333 g/mol. The van der Waals surface area contributed by atoms with Crippen LogP contribution in [-0.4, -0.2) is 31.1 Å². The molecule has 1 aromatic rings. The molecule has 0 heterocycles.